The quantitative estimate of drug-likeness (QED) is 0.512. The van der Waals surface area contributed by atoms with E-state index in [9.17, 15) is 27.6 Å². The van der Waals surface area contributed by atoms with E-state index in [1.165, 1.54) is 6.08 Å². The minimum atomic E-state index is -4.64. The molecule has 2 amide bonds. The zero-order valence-electron chi connectivity index (χ0n) is 17.3. The summed E-state index contributed by atoms with van der Waals surface area (Å²) in [5.41, 5.74) is -0.642. The van der Waals surface area contributed by atoms with E-state index in [2.05, 4.69) is 4.74 Å². The summed E-state index contributed by atoms with van der Waals surface area (Å²) in [6.07, 6.45) is -3.23. The molecule has 2 aromatic rings. The number of methoxy groups -OCH3 is 1. The molecule has 2 aliphatic heterocycles. The van der Waals surface area contributed by atoms with Gasteiger partial charge in [-0.1, -0.05) is 18.2 Å². The summed E-state index contributed by atoms with van der Waals surface area (Å²) in [6, 6.07) is 8.67. The predicted molar refractivity (Wildman–Crippen MR) is 108 cm³/mol. The van der Waals surface area contributed by atoms with Gasteiger partial charge in [0.1, 0.15) is 0 Å². The Balaban J connectivity index is 1.47. The largest absolute Gasteiger partial charge is 0.465 e. The van der Waals surface area contributed by atoms with Gasteiger partial charge in [-0.2, -0.15) is 13.2 Å². The summed E-state index contributed by atoms with van der Waals surface area (Å²) >= 11 is 0. The van der Waals surface area contributed by atoms with E-state index in [1.54, 1.807) is 24.3 Å². The maximum Gasteiger partial charge on any atom is 0.416 e. The molecule has 33 heavy (non-hydrogen) atoms. The van der Waals surface area contributed by atoms with Gasteiger partial charge in [-0.05, 0) is 42.0 Å². The van der Waals surface area contributed by atoms with Crippen molar-refractivity contribution < 1.29 is 41.8 Å². The number of amides is 2. The van der Waals surface area contributed by atoms with Crippen LogP contribution in [0.3, 0.4) is 0 Å². The van der Waals surface area contributed by atoms with Gasteiger partial charge in [0.2, 0.25) is 0 Å². The Morgan fingerprint density at radius 2 is 1.67 bits per heavy atom. The molecule has 4 rings (SSSR count). The first kappa shape index (κ1) is 22.7. The van der Waals surface area contributed by atoms with Crippen LogP contribution in [0, 0.1) is 0 Å². The number of esters is 1. The van der Waals surface area contributed by atoms with Gasteiger partial charge in [0.15, 0.2) is 6.29 Å². The molecule has 2 aliphatic rings. The van der Waals surface area contributed by atoms with E-state index in [-0.39, 0.29) is 24.3 Å². The minimum Gasteiger partial charge on any atom is -0.465 e. The molecule has 0 aromatic heterocycles. The lowest BCUT2D eigenvalue weighted by molar-refractivity contribution is -0.171. The van der Waals surface area contributed by atoms with Crippen LogP contribution in [0.2, 0.25) is 0 Å². The SMILES string of the molecule is COC(=O)c1ccc(C(F)(F)F)c(/C=C/C2OCC(N3C(=O)c4ccccc4C3=O)CO2)c1. The number of hydrogen-bond donors (Lipinski definition) is 0. The number of nitrogens with zero attached hydrogens (tertiary/aromatic N) is 1. The molecular formula is C23H18F3NO6. The Hall–Kier alpha value is -3.50. The number of imide groups is 1. The van der Waals surface area contributed by atoms with Gasteiger partial charge >= 0.3 is 12.1 Å². The maximum atomic E-state index is 13.4. The highest BCUT2D eigenvalue weighted by atomic mass is 19.4. The molecule has 0 saturated carbocycles. The number of benzene rings is 2. The summed E-state index contributed by atoms with van der Waals surface area (Å²) in [4.78, 5) is 37.9. The first-order valence-electron chi connectivity index (χ1n) is 9.88. The highest BCUT2D eigenvalue weighted by Gasteiger charge is 2.41. The molecule has 2 heterocycles. The van der Waals surface area contributed by atoms with E-state index in [0.717, 1.165) is 36.3 Å². The molecule has 10 heteroatoms. The lowest BCUT2D eigenvalue weighted by Crippen LogP contribution is -2.49. The predicted octanol–water partition coefficient (Wildman–Crippen LogP) is 3.54. The molecule has 0 atom stereocenters. The van der Waals surface area contributed by atoms with E-state index in [1.807, 2.05) is 0 Å². The average Bonchev–Trinajstić information content (AvgIpc) is 3.07. The van der Waals surface area contributed by atoms with Crippen LogP contribution in [-0.4, -0.2) is 55.3 Å². The van der Waals surface area contributed by atoms with Gasteiger partial charge < -0.3 is 14.2 Å². The standard InChI is InChI=1S/C23H18F3NO6/c1-31-22(30)14-6-8-18(23(24,25)26)13(10-14)7-9-19-32-11-15(12-33-19)27-20(28)16-4-2-3-5-17(16)21(27)29/h2-10,15,19H,11-12H2,1H3/b9-7+. The van der Waals surface area contributed by atoms with Crippen molar-refractivity contribution in [3.63, 3.8) is 0 Å². The number of hydrogen-bond acceptors (Lipinski definition) is 6. The summed E-state index contributed by atoms with van der Waals surface area (Å²) in [6.45, 7) is -0.0936. The zero-order valence-corrected chi connectivity index (χ0v) is 17.3. The zero-order chi connectivity index (χ0) is 23.8. The van der Waals surface area contributed by atoms with Crippen LogP contribution in [0.1, 0.15) is 42.2 Å². The Labute approximate surface area is 186 Å². The highest BCUT2D eigenvalue weighted by molar-refractivity contribution is 6.21. The third-order valence-electron chi connectivity index (χ3n) is 5.31. The van der Waals surface area contributed by atoms with E-state index in [0.29, 0.717) is 11.1 Å². The van der Waals surface area contributed by atoms with Crippen LogP contribution >= 0.6 is 0 Å². The summed E-state index contributed by atoms with van der Waals surface area (Å²) in [7, 11) is 1.13. The van der Waals surface area contributed by atoms with Crippen molar-refractivity contribution in [2.45, 2.75) is 18.5 Å². The molecule has 2 aromatic carbocycles. The van der Waals surface area contributed by atoms with E-state index >= 15 is 0 Å². The van der Waals surface area contributed by atoms with Crippen molar-refractivity contribution in [1.29, 1.82) is 0 Å². The smallest absolute Gasteiger partial charge is 0.416 e. The molecule has 1 saturated heterocycles. The fourth-order valence-corrected chi connectivity index (χ4v) is 3.69. The minimum absolute atomic E-state index is 0.0404. The average molecular weight is 461 g/mol. The fourth-order valence-electron chi connectivity index (χ4n) is 3.69. The van der Waals surface area contributed by atoms with Crippen molar-refractivity contribution in [3.05, 3.63) is 76.4 Å². The number of carbonyl (C=O) groups excluding carboxylic acids is 3. The Morgan fingerprint density at radius 3 is 2.21 bits per heavy atom. The molecule has 172 valence electrons. The van der Waals surface area contributed by atoms with Gasteiger partial charge in [-0.25, -0.2) is 4.79 Å². The monoisotopic (exact) mass is 461 g/mol. The summed E-state index contributed by atoms with van der Waals surface area (Å²) < 4.78 is 55.7. The van der Waals surface area contributed by atoms with Crippen molar-refractivity contribution >= 4 is 23.9 Å². The molecule has 1 fully saturated rings. The van der Waals surface area contributed by atoms with Crippen molar-refractivity contribution in [1.82, 2.24) is 4.90 Å². The first-order valence-corrected chi connectivity index (χ1v) is 9.88. The topological polar surface area (TPSA) is 82.1 Å². The molecule has 0 bridgehead atoms. The normalized spacial score (nSPS) is 20.9. The molecule has 0 aliphatic carbocycles. The van der Waals surface area contributed by atoms with Gasteiger partial charge in [-0.15, -0.1) is 0 Å². The van der Waals surface area contributed by atoms with Crippen molar-refractivity contribution in [2.24, 2.45) is 0 Å². The molecule has 7 nitrogen and oxygen atoms in total. The Kier molecular flexibility index (Phi) is 6.05. The van der Waals surface area contributed by atoms with E-state index in [4.69, 9.17) is 9.47 Å². The number of rotatable bonds is 4. The fraction of sp³-hybridized carbons (Fsp3) is 0.261. The second-order valence-electron chi connectivity index (χ2n) is 7.37. The van der Waals surface area contributed by atoms with Crippen molar-refractivity contribution in [3.8, 4) is 0 Å². The number of ether oxygens (including phenoxy) is 3. The first-order chi connectivity index (χ1) is 15.7. The third-order valence-corrected chi connectivity index (χ3v) is 5.31. The molecular weight excluding hydrogens is 443 g/mol. The summed E-state index contributed by atoms with van der Waals surface area (Å²) in [5.74, 6) is -1.67. The van der Waals surface area contributed by atoms with Gasteiger partial charge in [0.25, 0.3) is 11.8 Å². The number of halogens is 3. The molecule has 0 radical (unpaired) electrons. The van der Waals surface area contributed by atoms with Gasteiger partial charge in [-0.3, -0.25) is 14.5 Å². The van der Waals surface area contributed by atoms with Crippen LogP contribution in [-0.2, 0) is 20.4 Å². The molecule has 0 spiro atoms. The number of fused-ring (bicyclic) bond motifs is 1. The maximum absolute atomic E-state index is 13.4. The lowest BCUT2D eigenvalue weighted by atomic mass is 10.0. The second-order valence-corrected chi connectivity index (χ2v) is 7.37. The lowest BCUT2D eigenvalue weighted by Gasteiger charge is -2.32. The van der Waals surface area contributed by atoms with Crippen LogP contribution in [0.15, 0.2) is 48.5 Å². The number of carbonyl (C=O) groups is 3. The Bertz CT molecular complexity index is 1100. The van der Waals surface area contributed by atoms with Crippen LogP contribution in [0.25, 0.3) is 6.08 Å². The van der Waals surface area contributed by atoms with Gasteiger partial charge in [0, 0.05) is 0 Å². The number of alkyl halides is 3. The Morgan fingerprint density at radius 1 is 1.06 bits per heavy atom. The van der Waals surface area contributed by atoms with E-state index < -0.39 is 41.9 Å². The molecule has 0 unspecified atom stereocenters. The van der Waals surface area contributed by atoms with Crippen molar-refractivity contribution in [2.75, 3.05) is 20.3 Å². The second kappa shape index (κ2) is 8.80. The van der Waals surface area contributed by atoms with Crippen LogP contribution < -0.4 is 0 Å². The van der Waals surface area contributed by atoms with Gasteiger partial charge in [0.05, 0.1) is 48.6 Å². The third kappa shape index (κ3) is 4.39. The summed E-state index contributed by atoms with van der Waals surface area (Å²) in [5, 5.41) is 0. The van der Waals surface area contributed by atoms with Crippen LogP contribution in [0.4, 0.5) is 13.2 Å². The highest BCUT2D eigenvalue weighted by Crippen LogP contribution is 2.33. The molecule has 0 N–H and O–H groups in total. The van der Waals surface area contributed by atoms with Crippen LogP contribution in [0.5, 0.6) is 0 Å².